The van der Waals surface area contributed by atoms with Crippen LogP contribution in [0.5, 0.6) is 11.5 Å². The van der Waals surface area contributed by atoms with Crippen LogP contribution in [0.25, 0.3) is 0 Å². The molecule has 0 saturated heterocycles. The maximum Gasteiger partial charge on any atom is 0.279 e. The Morgan fingerprint density at radius 2 is 2.26 bits per heavy atom. The summed E-state index contributed by atoms with van der Waals surface area (Å²) in [6.07, 6.45) is 3.72. The number of phenols is 1. The number of amidine groups is 1. The lowest BCUT2D eigenvalue weighted by atomic mass is 10.2. The van der Waals surface area contributed by atoms with Gasteiger partial charge in [-0.3, -0.25) is 4.79 Å². The zero-order valence-electron chi connectivity index (χ0n) is 13.1. The van der Waals surface area contributed by atoms with Crippen molar-refractivity contribution in [2.45, 2.75) is 18.9 Å². The number of ether oxygens (including phenoxy) is 1. The van der Waals surface area contributed by atoms with Crippen LogP contribution in [0.3, 0.4) is 0 Å². The van der Waals surface area contributed by atoms with Gasteiger partial charge in [-0.2, -0.15) is 4.99 Å². The highest BCUT2D eigenvalue weighted by Crippen LogP contribution is 2.46. The molecule has 5 N–H and O–H groups in total. The lowest BCUT2D eigenvalue weighted by Crippen LogP contribution is -2.25. The number of aliphatic hydroxyl groups is 1. The molecular formula is C16H21N3O4. The fraction of sp³-hybridized carbons (Fsp3) is 0.375. The smallest absolute Gasteiger partial charge is 0.279 e. The number of aliphatic hydroxyl groups excluding tert-OH is 1. The zero-order valence-corrected chi connectivity index (χ0v) is 13.1. The normalized spacial score (nSPS) is 23.8. The molecule has 0 heterocycles. The van der Waals surface area contributed by atoms with E-state index in [1.54, 1.807) is 13.2 Å². The van der Waals surface area contributed by atoms with Crippen molar-refractivity contribution in [2.75, 3.05) is 13.7 Å². The summed E-state index contributed by atoms with van der Waals surface area (Å²) in [4.78, 5) is 15.8. The van der Waals surface area contributed by atoms with Crippen molar-refractivity contribution in [1.82, 2.24) is 5.32 Å². The monoisotopic (exact) mass is 319 g/mol. The number of carbonyl (C=O) groups is 1. The summed E-state index contributed by atoms with van der Waals surface area (Å²) in [6, 6.07) is 4.16. The molecule has 1 fully saturated rings. The van der Waals surface area contributed by atoms with Gasteiger partial charge in [0.2, 0.25) is 0 Å². The van der Waals surface area contributed by atoms with E-state index in [1.165, 1.54) is 24.3 Å². The van der Waals surface area contributed by atoms with Gasteiger partial charge in [0, 0.05) is 24.6 Å². The quantitative estimate of drug-likeness (QED) is 0.454. The third-order valence-corrected chi connectivity index (χ3v) is 3.77. The summed E-state index contributed by atoms with van der Waals surface area (Å²) in [5.41, 5.74) is 5.12. The minimum atomic E-state index is -0.633. The molecule has 2 rings (SSSR count). The molecular weight excluding hydrogens is 298 g/mol. The summed E-state index contributed by atoms with van der Waals surface area (Å²) < 4.78 is 5.75. The fourth-order valence-electron chi connectivity index (χ4n) is 2.24. The van der Waals surface area contributed by atoms with E-state index in [0.29, 0.717) is 5.75 Å². The summed E-state index contributed by atoms with van der Waals surface area (Å²) in [6.45, 7) is 1.84. The Morgan fingerprint density at radius 3 is 2.83 bits per heavy atom. The zero-order chi connectivity index (χ0) is 17.0. The molecule has 0 aromatic heterocycles. The summed E-state index contributed by atoms with van der Waals surface area (Å²) in [5.74, 6) is -0.142. The van der Waals surface area contributed by atoms with Crippen LogP contribution >= 0.6 is 0 Å². The molecule has 0 radical (unpaired) electrons. The van der Waals surface area contributed by atoms with E-state index in [-0.39, 0.29) is 29.7 Å². The molecule has 7 nitrogen and oxygen atoms in total. The number of amides is 1. The fourth-order valence-corrected chi connectivity index (χ4v) is 2.24. The first-order valence-corrected chi connectivity index (χ1v) is 7.26. The van der Waals surface area contributed by atoms with Crippen molar-refractivity contribution < 1.29 is 19.7 Å². The number of nitrogens with one attached hydrogen (secondary N) is 1. The van der Waals surface area contributed by atoms with Gasteiger partial charge in [0.15, 0.2) is 0 Å². The van der Waals surface area contributed by atoms with Gasteiger partial charge in [-0.05, 0) is 30.8 Å². The van der Waals surface area contributed by atoms with E-state index in [4.69, 9.17) is 10.5 Å². The van der Waals surface area contributed by atoms with Crippen LogP contribution in [0.2, 0.25) is 0 Å². The number of hydrogen-bond donors (Lipinski definition) is 4. The van der Waals surface area contributed by atoms with Crippen LogP contribution in [-0.2, 0) is 0 Å². The molecule has 1 aromatic carbocycles. The number of carbonyl (C=O) groups excluding carboxylic acids is 1. The Bertz CT molecular complexity index is 653. The molecule has 1 aliphatic carbocycles. The van der Waals surface area contributed by atoms with E-state index < -0.39 is 11.5 Å². The van der Waals surface area contributed by atoms with E-state index in [1.807, 2.05) is 6.92 Å². The van der Waals surface area contributed by atoms with E-state index in [9.17, 15) is 15.0 Å². The van der Waals surface area contributed by atoms with Crippen LogP contribution in [0.4, 0.5) is 0 Å². The topological polar surface area (TPSA) is 117 Å². The summed E-state index contributed by atoms with van der Waals surface area (Å²) in [7, 11) is 1.69. The van der Waals surface area contributed by atoms with Crippen molar-refractivity contribution in [3.8, 4) is 11.5 Å². The molecule has 124 valence electrons. The van der Waals surface area contributed by atoms with Gasteiger partial charge in [-0.15, -0.1) is 0 Å². The van der Waals surface area contributed by atoms with E-state index >= 15 is 0 Å². The van der Waals surface area contributed by atoms with Gasteiger partial charge in [-0.25, -0.2) is 0 Å². The van der Waals surface area contributed by atoms with Crippen LogP contribution in [0.15, 0.2) is 35.5 Å². The second-order valence-corrected chi connectivity index (χ2v) is 5.61. The Kier molecular flexibility index (Phi) is 4.90. The summed E-state index contributed by atoms with van der Waals surface area (Å²) in [5, 5.41) is 21.9. The number of aliphatic imine (C=N–C) groups is 1. The minimum Gasteiger partial charge on any atom is -0.508 e. The van der Waals surface area contributed by atoms with E-state index in [2.05, 4.69) is 10.3 Å². The third-order valence-electron chi connectivity index (χ3n) is 3.77. The van der Waals surface area contributed by atoms with Gasteiger partial charge in [0.05, 0.1) is 6.61 Å². The number of benzene rings is 1. The first kappa shape index (κ1) is 16.8. The van der Waals surface area contributed by atoms with Gasteiger partial charge >= 0.3 is 0 Å². The Labute approximate surface area is 134 Å². The van der Waals surface area contributed by atoms with Crippen molar-refractivity contribution in [3.63, 3.8) is 0 Å². The number of phenolic OH excluding ortho intramolecular Hbond substituents is 1. The molecule has 0 aliphatic heterocycles. The average molecular weight is 319 g/mol. The second-order valence-electron chi connectivity index (χ2n) is 5.61. The molecule has 7 heteroatoms. The van der Waals surface area contributed by atoms with Crippen molar-refractivity contribution in [2.24, 2.45) is 16.6 Å². The van der Waals surface area contributed by atoms with Crippen LogP contribution in [0, 0.1) is 5.92 Å². The van der Waals surface area contributed by atoms with Crippen LogP contribution < -0.4 is 15.8 Å². The van der Waals surface area contributed by atoms with Gasteiger partial charge in [0.1, 0.15) is 22.9 Å². The second kappa shape index (κ2) is 6.70. The SMILES string of the molecule is CN/C=C\C(N)=NC(=O)c1cc(O)cc(OC2(CO)CC2C)c1. The highest BCUT2D eigenvalue weighted by Gasteiger charge is 2.53. The molecule has 0 bridgehead atoms. The largest absolute Gasteiger partial charge is 0.508 e. The molecule has 1 amide bonds. The third kappa shape index (κ3) is 4.01. The number of rotatable bonds is 6. The minimum absolute atomic E-state index is 0.0396. The number of nitrogens with two attached hydrogens (primary N) is 1. The maximum atomic E-state index is 12.1. The standard InChI is InChI=1S/C16H21N3O4/c1-10-8-16(10,9-20)23-13-6-11(5-12(21)7-13)15(22)19-14(17)3-4-18-2/h3-7,10,18,20-21H,8-9H2,1-2H3,(H2,17,19,22)/b4-3-. The average Bonchev–Trinajstić information content (AvgIpc) is 3.14. The Hall–Kier alpha value is -2.54. The van der Waals surface area contributed by atoms with Gasteiger partial charge < -0.3 is 26.0 Å². The highest BCUT2D eigenvalue weighted by atomic mass is 16.5. The first-order chi connectivity index (χ1) is 10.9. The first-order valence-electron chi connectivity index (χ1n) is 7.26. The molecule has 1 aliphatic rings. The Balaban J connectivity index is 2.20. The van der Waals surface area contributed by atoms with Crippen molar-refractivity contribution in [3.05, 3.63) is 36.0 Å². The predicted molar refractivity (Wildman–Crippen MR) is 86.5 cm³/mol. The van der Waals surface area contributed by atoms with E-state index in [0.717, 1.165) is 6.42 Å². The van der Waals surface area contributed by atoms with Crippen LogP contribution in [-0.4, -0.2) is 41.2 Å². The predicted octanol–water partition coefficient (Wildman–Crippen LogP) is 0.772. The molecule has 0 spiro atoms. The maximum absolute atomic E-state index is 12.1. The number of hydrogen-bond acceptors (Lipinski definition) is 5. The number of nitrogens with zero attached hydrogens (tertiary/aromatic N) is 1. The molecule has 23 heavy (non-hydrogen) atoms. The lowest BCUT2D eigenvalue weighted by Gasteiger charge is -2.17. The molecule has 1 saturated carbocycles. The molecule has 2 atom stereocenters. The number of aromatic hydroxyl groups is 1. The van der Waals surface area contributed by atoms with Crippen molar-refractivity contribution >= 4 is 11.7 Å². The van der Waals surface area contributed by atoms with Crippen molar-refractivity contribution in [1.29, 1.82) is 0 Å². The van der Waals surface area contributed by atoms with Gasteiger partial charge in [-0.1, -0.05) is 6.92 Å². The molecule has 2 unspecified atom stereocenters. The Morgan fingerprint density at radius 1 is 1.57 bits per heavy atom. The van der Waals surface area contributed by atoms with Gasteiger partial charge in [0.25, 0.3) is 5.91 Å². The van der Waals surface area contributed by atoms with Crippen LogP contribution in [0.1, 0.15) is 23.7 Å². The highest BCUT2D eigenvalue weighted by molar-refractivity contribution is 6.06. The lowest BCUT2D eigenvalue weighted by molar-refractivity contribution is 0.0830. The molecule has 1 aromatic rings. The summed E-state index contributed by atoms with van der Waals surface area (Å²) >= 11 is 0.